The molecular formula is C18H21Cl2N. The van der Waals surface area contributed by atoms with Gasteiger partial charge < -0.3 is 5.32 Å². The summed E-state index contributed by atoms with van der Waals surface area (Å²) in [6, 6.07) is 12.6. The summed E-state index contributed by atoms with van der Waals surface area (Å²) in [5.74, 6) is 0. The highest BCUT2D eigenvalue weighted by molar-refractivity contribution is 6.34. The van der Waals surface area contributed by atoms with E-state index in [-0.39, 0.29) is 6.04 Å². The first-order valence-electron chi connectivity index (χ1n) is 7.25. The van der Waals surface area contributed by atoms with E-state index in [0.717, 1.165) is 18.5 Å². The summed E-state index contributed by atoms with van der Waals surface area (Å²) in [7, 11) is 0. The van der Waals surface area contributed by atoms with E-state index in [4.69, 9.17) is 23.2 Å². The van der Waals surface area contributed by atoms with Crippen LogP contribution in [0.2, 0.25) is 10.0 Å². The van der Waals surface area contributed by atoms with Crippen molar-refractivity contribution in [3.8, 4) is 0 Å². The van der Waals surface area contributed by atoms with E-state index in [0.29, 0.717) is 10.0 Å². The second-order valence-electron chi connectivity index (χ2n) is 5.45. The number of halogens is 2. The van der Waals surface area contributed by atoms with Gasteiger partial charge in [0.25, 0.3) is 0 Å². The molecule has 112 valence electrons. The Hall–Kier alpha value is -1.02. The van der Waals surface area contributed by atoms with Crippen molar-refractivity contribution in [2.75, 3.05) is 6.54 Å². The van der Waals surface area contributed by atoms with Gasteiger partial charge in [-0.2, -0.15) is 0 Å². The van der Waals surface area contributed by atoms with Crippen molar-refractivity contribution in [2.24, 2.45) is 0 Å². The first kappa shape index (κ1) is 16.4. The maximum absolute atomic E-state index is 6.14. The predicted octanol–water partition coefficient (Wildman–Crippen LogP) is 5.50. The second-order valence-corrected chi connectivity index (χ2v) is 6.32. The molecule has 1 unspecified atom stereocenters. The predicted molar refractivity (Wildman–Crippen MR) is 92.5 cm³/mol. The summed E-state index contributed by atoms with van der Waals surface area (Å²) in [6.45, 7) is 7.30. The molecule has 3 heteroatoms. The summed E-state index contributed by atoms with van der Waals surface area (Å²) in [4.78, 5) is 0. The van der Waals surface area contributed by atoms with Gasteiger partial charge in [0.1, 0.15) is 0 Å². The summed E-state index contributed by atoms with van der Waals surface area (Å²) >= 11 is 12.3. The number of hydrogen-bond donors (Lipinski definition) is 1. The molecule has 0 aliphatic rings. The Labute approximate surface area is 137 Å². The van der Waals surface area contributed by atoms with Crippen LogP contribution in [0, 0.1) is 13.8 Å². The van der Waals surface area contributed by atoms with Crippen molar-refractivity contribution in [3.05, 3.63) is 68.7 Å². The number of hydrogen-bond acceptors (Lipinski definition) is 1. The fourth-order valence-electron chi connectivity index (χ4n) is 2.57. The molecule has 1 atom stereocenters. The molecule has 0 spiro atoms. The minimum absolute atomic E-state index is 0.215. The zero-order chi connectivity index (χ0) is 15.4. The monoisotopic (exact) mass is 321 g/mol. The van der Waals surface area contributed by atoms with Crippen LogP contribution < -0.4 is 5.32 Å². The fraction of sp³-hybridized carbons (Fsp3) is 0.333. The highest BCUT2D eigenvalue weighted by atomic mass is 35.5. The molecule has 2 aromatic carbocycles. The third-order valence-corrected chi connectivity index (χ3v) is 4.10. The lowest BCUT2D eigenvalue weighted by molar-refractivity contribution is 0.548. The summed E-state index contributed by atoms with van der Waals surface area (Å²) in [5, 5.41) is 4.89. The van der Waals surface area contributed by atoms with Crippen molar-refractivity contribution in [1.29, 1.82) is 0 Å². The Balaban J connectivity index is 2.32. The first-order valence-corrected chi connectivity index (χ1v) is 8.00. The highest BCUT2D eigenvalue weighted by Crippen LogP contribution is 2.27. The minimum Gasteiger partial charge on any atom is -0.310 e. The Morgan fingerprint density at radius 3 is 2.29 bits per heavy atom. The highest BCUT2D eigenvalue weighted by Gasteiger charge is 2.14. The van der Waals surface area contributed by atoms with Crippen LogP contribution in [0.1, 0.15) is 35.2 Å². The molecule has 2 aromatic rings. The lowest BCUT2D eigenvalue weighted by Gasteiger charge is -2.20. The zero-order valence-electron chi connectivity index (χ0n) is 12.7. The van der Waals surface area contributed by atoms with Crippen molar-refractivity contribution in [1.82, 2.24) is 5.32 Å². The van der Waals surface area contributed by atoms with Gasteiger partial charge in [-0.3, -0.25) is 0 Å². The van der Waals surface area contributed by atoms with Crippen molar-refractivity contribution >= 4 is 23.2 Å². The second kappa shape index (κ2) is 7.31. The number of benzene rings is 2. The Kier molecular flexibility index (Phi) is 5.69. The fourth-order valence-corrected chi connectivity index (χ4v) is 3.11. The molecule has 0 fully saturated rings. The lowest BCUT2D eigenvalue weighted by Crippen LogP contribution is -2.23. The van der Waals surface area contributed by atoms with Crippen LogP contribution in [0.15, 0.2) is 36.4 Å². The molecule has 1 N–H and O–H groups in total. The largest absolute Gasteiger partial charge is 0.310 e. The van der Waals surface area contributed by atoms with Gasteiger partial charge in [0.2, 0.25) is 0 Å². The molecule has 0 aliphatic heterocycles. The topological polar surface area (TPSA) is 12.0 Å². The molecular weight excluding hydrogens is 301 g/mol. The quantitative estimate of drug-likeness (QED) is 0.766. The van der Waals surface area contributed by atoms with Crippen LogP contribution >= 0.6 is 23.2 Å². The third-order valence-electron chi connectivity index (χ3n) is 3.67. The maximum Gasteiger partial charge on any atom is 0.0424 e. The van der Waals surface area contributed by atoms with Gasteiger partial charge in [-0.25, -0.2) is 0 Å². The molecule has 0 saturated heterocycles. The molecule has 2 rings (SSSR count). The van der Waals surface area contributed by atoms with Gasteiger partial charge >= 0.3 is 0 Å². The molecule has 21 heavy (non-hydrogen) atoms. The molecule has 1 nitrogen and oxygen atoms in total. The number of likely N-dealkylation sites (N-methyl/N-ethyl adjacent to an activating group) is 1. The van der Waals surface area contributed by atoms with Gasteiger partial charge in [0.15, 0.2) is 0 Å². The number of nitrogens with one attached hydrogen (secondary N) is 1. The van der Waals surface area contributed by atoms with Crippen LogP contribution in [0.25, 0.3) is 0 Å². The molecule has 0 bridgehead atoms. The normalized spacial score (nSPS) is 12.4. The average molecular weight is 322 g/mol. The van der Waals surface area contributed by atoms with Gasteiger partial charge in [0, 0.05) is 16.1 Å². The van der Waals surface area contributed by atoms with Crippen LogP contribution in [-0.2, 0) is 6.42 Å². The number of aryl methyl sites for hydroxylation is 2. The summed E-state index contributed by atoms with van der Waals surface area (Å²) < 4.78 is 0. The van der Waals surface area contributed by atoms with E-state index in [9.17, 15) is 0 Å². The lowest BCUT2D eigenvalue weighted by atomic mass is 9.95. The molecule has 0 aromatic heterocycles. The van der Waals surface area contributed by atoms with Gasteiger partial charge in [-0.15, -0.1) is 0 Å². The van der Waals surface area contributed by atoms with Crippen LogP contribution in [-0.4, -0.2) is 6.54 Å². The van der Waals surface area contributed by atoms with Crippen molar-refractivity contribution in [2.45, 2.75) is 33.2 Å². The Morgan fingerprint density at radius 1 is 1.00 bits per heavy atom. The molecule has 0 saturated carbocycles. The van der Waals surface area contributed by atoms with E-state index >= 15 is 0 Å². The van der Waals surface area contributed by atoms with E-state index < -0.39 is 0 Å². The van der Waals surface area contributed by atoms with E-state index in [1.807, 2.05) is 12.1 Å². The van der Waals surface area contributed by atoms with Gasteiger partial charge in [-0.05, 0) is 61.7 Å². The standard InChI is InChI=1S/C18H21Cl2N/c1-4-21-18(15-8-16(19)11-17(20)9-15)10-14-7-12(2)5-6-13(14)3/h5-9,11,18,21H,4,10H2,1-3H3. The molecule has 0 heterocycles. The molecule has 0 aliphatic carbocycles. The smallest absolute Gasteiger partial charge is 0.0424 e. The molecule has 0 amide bonds. The summed E-state index contributed by atoms with van der Waals surface area (Å²) in [6.07, 6.45) is 0.929. The summed E-state index contributed by atoms with van der Waals surface area (Å²) in [5.41, 5.74) is 5.10. The minimum atomic E-state index is 0.215. The SMILES string of the molecule is CCNC(Cc1cc(C)ccc1C)c1cc(Cl)cc(Cl)c1. The maximum atomic E-state index is 6.14. The van der Waals surface area contributed by atoms with E-state index in [1.165, 1.54) is 16.7 Å². The Bertz CT molecular complexity index is 602. The van der Waals surface area contributed by atoms with Crippen molar-refractivity contribution < 1.29 is 0 Å². The number of rotatable bonds is 5. The third kappa shape index (κ3) is 4.47. The van der Waals surface area contributed by atoms with Crippen LogP contribution in [0.4, 0.5) is 0 Å². The Morgan fingerprint density at radius 2 is 1.67 bits per heavy atom. The van der Waals surface area contributed by atoms with Crippen LogP contribution in [0.5, 0.6) is 0 Å². The zero-order valence-corrected chi connectivity index (χ0v) is 14.2. The van der Waals surface area contributed by atoms with Gasteiger partial charge in [-0.1, -0.05) is 53.9 Å². The van der Waals surface area contributed by atoms with Crippen LogP contribution in [0.3, 0.4) is 0 Å². The van der Waals surface area contributed by atoms with Crippen molar-refractivity contribution in [3.63, 3.8) is 0 Å². The van der Waals surface area contributed by atoms with Gasteiger partial charge in [0.05, 0.1) is 0 Å². The van der Waals surface area contributed by atoms with E-state index in [1.54, 1.807) is 6.07 Å². The average Bonchev–Trinajstić information content (AvgIpc) is 2.41. The van der Waals surface area contributed by atoms with E-state index in [2.05, 4.69) is 44.3 Å². The molecule has 0 radical (unpaired) electrons. The first-order chi connectivity index (χ1) is 9.99.